The van der Waals surface area contributed by atoms with E-state index >= 15 is 0 Å². The first kappa shape index (κ1) is 14.5. The molecule has 6 heteroatoms. The number of fused-ring (bicyclic) bond motifs is 1. The molecule has 2 aliphatic rings. The second-order valence-electron chi connectivity index (χ2n) is 5.39. The zero-order valence-electron chi connectivity index (χ0n) is 11.8. The molecule has 2 N–H and O–H groups in total. The second kappa shape index (κ2) is 6.54. The van der Waals surface area contributed by atoms with Crippen LogP contribution in [0.1, 0.15) is 24.8 Å². The first-order chi connectivity index (χ1) is 10.2. The van der Waals surface area contributed by atoms with Crippen LogP contribution in [0.15, 0.2) is 12.1 Å². The van der Waals surface area contributed by atoms with E-state index in [1.165, 1.54) is 0 Å². The first-order valence-electron chi connectivity index (χ1n) is 7.30. The minimum Gasteiger partial charge on any atom is -0.489 e. The molecule has 1 aromatic rings. The highest BCUT2D eigenvalue weighted by atomic mass is 35.5. The summed E-state index contributed by atoms with van der Waals surface area (Å²) < 4.78 is 11.3. The lowest BCUT2D eigenvalue weighted by atomic mass is 10.2. The molecule has 2 aliphatic heterocycles. The number of amides is 1. The van der Waals surface area contributed by atoms with E-state index in [-0.39, 0.29) is 11.9 Å². The maximum absolute atomic E-state index is 11.1. The number of carbonyl (C=O) groups is 1. The van der Waals surface area contributed by atoms with Gasteiger partial charge in [-0.2, -0.15) is 0 Å². The van der Waals surface area contributed by atoms with Gasteiger partial charge >= 0.3 is 0 Å². The van der Waals surface area contributed by atoms with E-state index in [1.54, 1.807) is 0 Å². The Bertz CT molecular complexity index is 536. The van der Waals surface area contributed by atoms with Crippen molar-refractivity contribution in [3.05, 3.63) is 22.7 Å². The summed E-state index contributed by atoms with van der Waals surface area (Å²) in [5.41, 5.74) is 1.05. The number of rotatable bonds is 4. The SMILES string of the molecule is O=C1CCC(CNCc2cc(Cl)c3c(c2)OCCCO3)N1. The minimum atomic E-state index is 0.139. The van der Waals surface area contributed by atoms with Crippen LogP contribution in [-0.4, -0.2) is 31.7 Å². The fourth-order valence-corrected chi connectivity index (χ4v) is 2.90. The van der Waals surface area contributed by atoms with Crippen molar-refractivity contribution in [2.75, 3.05) is 19.8 Å². The molecule has 1 amide bonds. The Labute approximate surface area is 128 Å². The molecule has 1 unspecified atom stereocenters. The molecule has 0 aromatic heterocycles. The molecule has 5 nitrogen and oxygen atoms in total. The summed E-state index contributed by atoms with van der Waals surface area (Å²) in [6.07, 6.45) is 2.38. The molecule has 1 aromatic carbocycles. The molecule has 114 valence electrons. The predicted octanol–water partition coefficient (Wildman–Crippen LogP) is 1.87. The van der Waals surface area contributed by atoms with Crippen LogP contribution in [0.2, 0.25) is 5.02 Å². The highest BCUT2D eigenvalue weighted by Gasteiger charge is 2.20. The van der Waals surface area contributed by atoms with Gasteiger partial charge in [0.05, 0.1) is 18.2 Å². The summed E-state index contributed by atoms with van der Waals surface area (Å²) in [6.45, 7) is 2.72. The van der Waals surface area contributed by atoms with Crippen molar-refractivity contribution in [2.45, 2.75) is 31.8 Å². The molecular weight excluding hydrogens is 292 g/mol. The number of hydrogen-bond donors (Lipinski definition) is 2. The number of hydrogen-bond acceptors (Lipinski definition) is 4. The van der Waals surface area contributed by atoms with Crippen LogP contribution in [0.25, 0.3) is 0 Å². The Morgan fingerprint density at radius 2 is 2.19 bits per heavy atom. The van der Waals surface area contributed by atoms with Crippen molar-refractivity contribution in [3.8, 4) is 11.5 Å². The number of benzene rings is 1. The topological polar surface area (TPSA) is 59.6 Å². The third-order valence-corrected chi connectivity index (χ3v) is 3.95. The summed E-state index contributed by atoms with van der Waals surface area (Å²) in [7, 11) is 0. The first-order valence-corrected chi connectivity index (χ1v) is 7.68. The van der Waals surface area contributed by atoms with Gasteiger partial charge in [0.2, 0.25) is 5.91 Å². The Kier molecular flexibility index (Phi) is 4.51. The van der Waals surface area contributed by atoms with Crippen molar-refractivity contribution in [1.29, 1.82) is 0 Å². The number of carbonyl (C=O) groups excluding carboxylic acids is 1. The molecule has 2 heterocycles. The Morgan fingerprint density at radius 3 is 3.00 bits per heavy atom. The normalized spacial score (nSPS) is 21.0. The van der Waals surface area contributed by atoms with Crippen molar-refractivity contribution < 1.29 is 14.3 Å². The molecule has 0 bridgehead atoms. The molecule has 0 aliphatic carbocycles. The highest BCUT2D eigenvalue weighted by molar-refractivity contribution is 6.32. The van der Waals surface area contributed by atoms with Gasteiger partial charge in [-0.15, -0.1) is 0 Å². The predicted molar refractivity (Wildman–Crippen MR) is 79.9 cm³/mol. The molecule has 1 fully saturated rings. The maximum atomic E-state index is 11.1. The third kappa shape index (κ3) is 3.60. The minimum absolute atomic E-state index is 0.139. The Morgan fingerprint density at radius 1 is 1.33 bits per heavy atom. The molecule has 0 spiro atoms. The van der Waals surface area contributed by atoms with Crippen LogP contribution >= 0.6 is 11.6 Å². The van der Waals surface area contributed by atoms with Gasteiger partial charge in [0.1, 0.15) is 0 Å². The summed E-state index contributed by atoms with van der Waals surface area (Å²) in [6, 6.07) is 4.09. The van der Waals surface area contributed by atoms with Gasteiger partial charge in [-0.3, -0.25) is 4.79 Å². The van der Waals surface area contributed by atoms with E-state index in [2.05, 4.69) is 10.6 Å². The van der Waals surface area contributed by atoms with E-state index in [4.69, 9.17) is 21.1 Å². The fourth-order valence-electron chi connectivity index (χ4n) is 2.61. The summed E-state index contributed by atoms with van der Waals surface area (Å²) in [5.74, 6) is 1.49. The lowest BCUT2D eigenvalue weighted by molar-refractivity contribution is -0.119. The Balaban J connectivity index is 1.59. The lowest BCUT2D eigenvalue weighted by Gasteiger charge is -2.14. The van der Waals surface area contributed by atoms with Crippen LogP contribution in [0.5, 0.6) is 11.5 Å². The zero-order valence-corrected chi connectivity index (χ0v) is 12.5. The van der Waals surface area contributed by atoms with Crippen molar-refractivity contribution >= 4 is 17.5 Å². The summed E-state index contributed by atoms with van der Waals surface area (Å²) >= 11 is 6.26. The van der Waals surface area contributed by atoms with Crippen molar-refractivity contribution in [2.24, 2.45) is 0 Å². The van der Waals surface area contributed by atoms with Crippen LogP contribution in [0, 0.1) is 0 Å². The molecule has 1 atom stereocenters. The van der Waals surface area contributed by atoms with Crippen LogP contribution in [-0.2, 0) is 11.3 Å². The monoisotopic (exact) mass is 310 g/mol. The van der Waals surface area contributed by atoms with E-state index in [1.807, 2.05) is 12.1 Å². The summed E-state index contributed by atoms with van der Waals surface area (Å²) in [4.78, 5) is 11.1. The van der Waals surface area contributed by atoms with Gasteiger partial charge in [-0.25, -0.2) is 0 Å². The van der Waals surface area contributed by atoms with Gasteiger partial charge in [0.15, 0.2) is 11.5 Å². The van der Waals surface area contributed by atoms with Crippen LogP contribution < -0.4 is 20.1 Å². The molecule has 0 saturated carbocycles. The van der Waals surface area contributed by atoms with Crippen LogP contribution in [0.4, 0.5) is 0 Å². The zero-order chi connectivity index (χ0) is 14.7. The van der Waals surface area contributed by atoms with Crippen molar-refractivity contribution in [3.63, 3.8) is 0 Å². The Hall–Kier alpha value is -1.46. The van der Waals surface area contributed by atoms with Gasteiger partial charge in [0.25, 0.3) is 0 Å². The quantitative estimate of drug-likeness (QED) is 0.891. The van der Waals surface area contributed by atoms with Gasteiger partial charge in [-0.05, 0) is 24.1 Å². The average Bonchev–Trinajstić information content (AvgIpc) is 2.73. The largest absolute Gasteiger partial charge is 0.489 e. The third-order valence-electron chi connectivity index (χ3n) is 3.67. The molecule has 0 radical (unpaired) electrons. The summed E-state index contributed by atoms with van der Waals surface area (Å²) in [5, 5.41) is 6.87. The van der Waals surface area contributed by atoms with Crippen molar-refractivity contribution in [1.82, 2.24) is 10.6 Å². The van der Waals surface area contributed by atoms with E-state index < -0.39 is 0 Å². The van der Waals surface area contributed by atoms with Gasteiger partial charge in [0, 0.05) is 32.0 Å². The van der Waals surface area contributed by atoms with Gasteiger partial charge < -0.3 is 20.1 Å². The lowest BCUT2D eigenvalue weighted by Crippen LogP contribution is -2.35. The molecular formula is C15H19ClN2O3. The maximum Gasteiger partial charge on any atom is 0.220 e. The molecule has 1 saturated heterocycles. The highest BCUT2D eigenvalue weighted by Crippen LogP contribution is 2.37. The fraction of sp³-hybridized carbons (Fsp3) is 0.533. The van der Waals surface area contributed by atoms with Gasteiger partial charge in [-0.1, -0.05) is 11.6 Å². The number of halogens is 1. The average molecular weight is 311 g/mol. The number of nitrogens with one attached hydrogen (secondary N) is 2. The number of ether oxygens (including phenoxy) is 2. The van der Waals surface area contributed by atoms with Crippen LogP contribution in [0.3, 0.4) is 0 Å². The standard InChI is InChI=1S/C15H19ClN2O3/c16-12-6-10(7-13-15(12)21-5-1-4-20-13)8-17-9-11-2-3-14(19)18-11/h6-7,11,17H,1-5,8-9H2,(H,18,19). The van der Waals surface area contributed by atoms with E-state index in [9.17, 15) is 4.79 Å². The molecule has 21 heavy (non-hydrogen) atoms. The smallest absolute Gasteiger partial charge is 0.220 e. The van der Waals surface area contributed by atoms with E-state index in [0.717, 1.165) is 24.9 Å². The second-order valence-corrected chi connectivity index (χ2v) is 5.80. The molecule has 3 rings (SSSR count). The van der Waals surface area contributed by atoms with E-state index in [0.29, 0.717) is 42.7 Å².